The van der Waals surface area contributed by atoms with Crippen LogP contribution in [0.25, 0.3) is 16.7 Å². The molecule has 1 amide bonds. The smallest absolute Gasteiger partial charge is 0.333 e. The lowest BCUT2D eigenvalue weighted by molar-refractivity contribution is 0.0904. The van der Waals surface area contributed by atoms with E-state index in [0.29, 0.717) is 25.1 Å². The Balaban J connectivity index is 1.31. The molecular formula is C28H29ClF2N6O2. The minimum Gasteiger partial charge on any atom is -0.373 e. The molecule has 2 N–H and O–H groups in total. The SMILES string of the molecule is CNc1ncc(-n2c(=O)n(CC3CCC(NC(=O)c4cc(Cl)cnc4C(F)F)CC3)c3ccccc32)cc1C. The third-order valence-electron chi connectivity index (χ3n) is 7.35. The molecule has 39 heavy (non-hydrogen) atoms. The molecule has 0 atom stereocenters. The van der Waals surface area contributed by atoms with Gasteiger partial charge >= 0.3 is 5.69 Å². The van der Waals surface area contributed by atoms with Crippen LogP contribution in [0.4, 0.5) is 14.6 Å². The molecule has 1 aliphatic carbocycles. The van der Waals surface area contributed by atoms with Crippen LogP contribution in [0.2, 0.25) is 5.02 Å². The predicted molar refractivity (Wildman–Crippen MR) is 147 cm³/mol. The normalized spacial score (nSPS) is 17.5. The number of halogens is 3. The number of imidazole rings is 1. The Hall–Kier alpha value is -3.79. The Bertz CT molecular complexity index is 1580. The first-order valence-electron chi connectivity index (χ1n) is 12.9. The largest absolute Gasteiger partial charge is 0.373 e. The number of carbonyl (C=O) groups is 1. The quantitative estimate of drug-likeness (QED) is 0.314. The molecule has 0 saturated heterocycles. The summed E-state index contributed by atoms with van der Waals surface area (Å²) in [7, 11) is 1.81. The number of hydrogen-bond acceptors (Lipinski definition) is 5. The van der Waals surface area contributed by atoms with Crippen molar-refractivity contribution in [2.75, 3.05) is 12.4 Å². The number of hydrogen-bond donors (Lipinski definition) is 2. The van der Waals surface area contributed by atoms with E-state index in [1.165, 1.54) is 6.07 Å². The van der Waals surface area contributed by atoms with Gasteiger partial charge in [-0.25, -0.2) is 18.6 Å². The first-order chi connectivity index (χ1) is 18.8. The molecule has 0 radical (unpaired) electrons. The lowest BCUT2D eigenvalue weighted by Gasteiger charge is -2.29. The number of alkyl halides is 2. The van der Waals surface area contributed by atoms with Crippen LogP contribution >= 0.6 is 11.6 Å². The highest BCUT2D eigenvalue weighted by Crippen LogP contribution is 2.29. The molecule has 0 bridgehead atoms. The van der Waals surface area contributed by atoms with Gasteiger partial charge in [-0.05, 0) is 68.4 Å². The van der Waals surface area contributed by atoms with Crippen LogP contribution in [-0.4, -0.2) is 38.1 Å². The van der Waals surface area contributed by atoms with E-state index in [1.807, 2.05) is 48.9 Å². The van der Waals surface area contributed by atoms with E-state index in [2.05, 4.69) is 20.6 Å². The average Bonchev–Trinajstić information content (AvgIpc) is 3.20. The second-order valence-corrected chi connectivity index (χ2v) is 10.3. The van der Waals surface area contributed by atoms with Gasteiger partial charge in [0, 0.05) is 25.8 Å². The van der Waals surface area contributed by atoms with Crippen LogP contribution in [0, 0.1) is 12.8 Å². The van der Waals surface area contributed by atoms with Gasteiger partial charge in [-0.2, -0.15) is 0 Å². The van der Waals surface area contributed by atoms with Crippen molar-refractivity contribution >= 4 is 34.4 Å². The van der Waals surface area contributed by atoms with Gasteiger partial charge in [0.2, 0.25) is 0 Å². The molecule has 0 aliphatic heterocycles. The van der Waals surface area contributed by atoms with E-state index in [-0.39, 0.29) is 28.2 Å². The summed E-state index contributed by atoms with van der Waals surface area (Å²) in [6, 6.07) is 10.7. The Morgan fingerprint density at radius 1 is 1.10 bits per heavy atom. The molecule has 5 rings (SSSR count). The molecule has 1 aliphatic rings. The van der Waals surface area contributed by atoms with Gasteiger partial charge < -0.3 is 10.6 Å². The summed E-state index contributed by atoms with van der Waals surface area (Å²) in [6.07, 6.45) is 2.85. The zero-order valence-electron chi connectivity index (χ0n) is 21.6. The predicted octanol–water partition coefficient (Wildman–Crippen LogP) is 5.51. The molecule has 11 heteroatoms. The highest BCUT2D eigenvalue weighted by Gasteiger charge is 2.27. The molecule has 3 heterocycles. The Labute approximate surface area is 229 Å². The summed E-state index contributed by atoms with van der Waals surface area (Å²) in [5, 5.41) is 6.04. The minimum atomic E-state index is -2.87. The van der Waals surface area contributed by atoms with Crippen molar-refractivity contribution in [3.63, 3.8) is 0 Å². The Kier molecular flexibility index (Phi) is 7.65. The third-order valence-corrected chi connectivity index (χ3v) is 7.56. The van der Waals surface area contributed by atoms with Gasteiger partial charge in [-0.3, -0.25) is 18.9 Å². The fourth-order valence-electron chi connectivity index (χ4n) is 5.39. The zero-order chi connectivity index (χ0) is 27.7. The standard InChI is InChI=1S/C28H29ClF2N6O2/c1-16-11-20(14-34-26(16)32-2)37-23-6-4-3-5-22(23)36(28(37)39)15-17-7-9-19(10-8-17)35-27(38)21-12-18(29)13-33-24(21)25(30)31/h3-6,11-14,17,19,25H,7-10,15H2,1-2H3,(H,32,34)(H,35,38). The van der Waals surface area contributed by atoms with Crippen LogP contribution in [0.5, 0.6) is 0 Å². The maximum Gasteiger partial charge on any atom is 0.333 e. The number of fused-ring (bicyclic) bond motifs is 1. The van der Waals surface area contributed by atoms with E-state index in [0.717, 1.165) is 41.5 Å². The van der Waals surface area contributed by atoms with Gasteiger partial charge in [-0.1, -0.05) is 23.7 Å². The number of anilines is 1. The Morgan fingerprint density at radius 3 is 2.49 bits per heavy atom. The van der Waals surface area contributed by atoms with Crippen molar-refractivity contribution in [1.29, 1.82) is 0 Å². The molecule has 3 aromatic heterocycles. The highest BCUT2D eigenvalue weighted by molar-refractivity contribution is 6.30. The molecule has 1 saturated carbocycles. The first-order valence-corrected chi connectivity index (χ1v) is 13.2. The molecule has 0 spiro atoms. The van der Waals surface area contributed by atoms with Gasteiger partial charge in [0.15, 0.2) is 0 Å². The van der Waals surface area contributed by atoms with E-state index in [1.54, 1.807) is 10.8 Å². The number of carbonyl (C=O) groups excluding carboxylic acids is 1. The van der Waals surface area contributed by atoms with E-state index < -0.39 is 18.0 Å². The number of benzene rings is 1. The van der Waals surface area contributed by atoms with E-state index in [9.17, 15) is 18.4 Å². The molecule has 8 nitrogen and oxygen atoms in total. The second-order valence-electron chi connectivity index (χ2n) is 9.90. The van der Waals surface area contributed by atoms with Gasteiger partial charge in [0.25, 0.3) is 12.3 Å². The fourth-order valence-corrected chi connectivity index (χ4v) is 5.55. The number of nitrogens with zero attached hydrogens (tertiary/aromatic N) is 4. The molecule has 1 aromatic carbocycles. The zero-order valence-corrected chi connectivity index (χ0v) is 22.4. The topological polar surface area (TPSA) is 93.8 Å². The summed E-state index contributed by atoms with van der Waals surface area (Å²) in [5.41, 5.74) is 2.40. The van der Waals surface area contributed by atoms with E-state index in [4.69, 9.17) is 11.6 Å². The van der Waals surface area contributed by atoms with Crippen molar-refractivity contribution < 1.29 is 13.6 Å². The summed E-state index contributed by atoms with van der Waals surface area (Å²) in [5.74, 6) is 0.388. The number of para-hydroxylation sites is 2. The number of amides is 1. The monoisotopic (exact) mass is 554 g/mol. The van der Waals surface area contributed by atoms with Crippen LogP contribution in [0.15, 0.2) is 53.6 Å². The second kappa shape index (κ2) is 11.1. The highest BCUT2D eigenvalue weighted by atomic mass is 35.5. The van der Waals surface area contributed by atoms with Crippen LogP contribution in [0.1, 0.15) is 53.7 Å². The maximum absolute atomic E-state index is 13.7. The van der Waals surface area contributed by atoms with E-state index >= 15 is 0 Å². The minimum absolute atomic E-state index is 0.127. The lowest BCUT2D eigenvalue weighted by atomic mass is 9.85. The summed E-state index contributed by atoms with van der Waals surface area (Å²) in [6.45, 7) is 2.49. The summed E-state index contributed by atoms with van der Waals surface area (Å²) >= 11 is 5.90. The summed E-state index contributed by atoms with van der Waals surface area (Å²) < 4.78 is 30.2. The van der Waals surface area contributed by atoms with Gasteiger partial charge in [0.05, 0.1) is 33.5 Å². The molecule has 204 valence electrons. The summed E-state index contributed by atoms with van der Waals surface area (Å²) in [4.78, 5) is 34.5. The van der Waals surface area contributed by atoms with Crippen LogP contribution in [0.3, 0.4) is 0 Å². The van der Waals surface area contributed by atoms with Gasteiger partial charge in [0.1, 0.15) is 11.5 Å². The number of pyridine rings is 2. The average molecular weight is 555 g/mol. The molecule has 0 unspecified atom stereocenters. The van der Waals surface area contributed by atoms with Crippen molar-refractivity contribution in [1.82, 2.24) is 24.4 Å². The number of rotatable bonds is 7. The van der Waals surface area contributed by atoms with Crippen molar-refractivity contribution in [3.05, 3.63) is 81.1 Å². The van der Waals surface area contributed by atoms with Crippen molar-refractivity contribution in [2.45, 2.75) is 51.6 Å². The third kappa shape index (κ3) is 5.38. The maximum atomic E-state index is 13.7. The van der Waals surface area contributed by atoms with Crippen molar-refractivity contribution in [3.8, 4) is 5.69 Å². The molecular weight excluding hydrogens is 526 g/mol. The van der Waals surface area contributed by atoms with Crippen LogP contribution < -0.4 is 16.3 Å². The fraction of sp³-hybridized carbons (Fsp3) is 0.357. The lowest BCUT2D eigenvalue weighted by Crippen LogP contribution is -2.39. The first kappa shape index (κ1) is 26.8. The number of nitrogens with one attached hydrogen (secondary N) is 2. The molecule has 4 aromatic rings. The van der Waals surface area contributed by atoms with Gasteiger partial charge in [-0.15, -0.1) is 0 Å². The Morgan fingerprint density at radius 2 is 1.82 bits per heavy atom. The van der Waals surface area contributed by atoms with Crippen LogP contribution in [-0.2, 0) is 6.54 Å². The number of aromatic nitrogens is 4. The number of aryl methyl sites for hydroxylation is 1. The van der Waals surface area contributed by atoms with Crippen molar-refractivity contribution in [2.24, 2.45) is 5.92 Å². The molecule has 1 fully saturated rings.